The molecule has 1 atom stereocenters. The quantitative estimate of drug-likeness (QED) is 0.385. The van der Waals surface area contributed by atoms with E-state index in [1.165, 1.54) is 57.8 Å². The van der Waals surface area contributed by atoms with Gasteiger partial charge in [-0.05, 0) is 13.3 Å². The second-order valence-corrected chi connectivity index (χ2v) is 5.18. The third-order valence-corrected chi connectivity index (χ3v) is 3.22. The Kier molecular flexibility index (Phi) is 12.8. The number of carboxylic acid groups (broad SMARTS) is 1. The minimum absolute atomic E-state index is 0.661. The Morgan fingerprint density at radius 2 is 1.42 bits per heavy atom. The zero-order valence-electron chi connectivity index (χ0n) is 12.6. The molecular formula is C15H30N2O2. The highest BCUT2D eigenvalue weighted by atomic mass is 16.4. The van der Waals surface area contributed by atoms with Crippen molar-refractivity contribution in [2.75, 3.05) is 6.54 Å². The summed E-state index contributed by atoms with van der Waals surface area (Å²) in [6, 6.07) is -0.705. The molecule has 0 radical (unpaired) electrons. The standard InChI is InChI=1S/C15H30N2O2/c1-3-4-5-6-7-8-9-10-11-12-13-16-17-14(2)15(18)19/h14H,3-13H2,1-2H3,(H,18,19). The molecule has 0 spiro atoms. The van der Waals surface area contributed by atoms with E-state index in [0.717, 1.165) is 6.42 Å². The fourth-order valence-electron chi connectivity index (χ4n) is 1.90. The van der Waals surface area contributed by atoms with Crippen LogP contribution in [0.4, 0.5) is 0 Å². The summed E-state index contributed by atoms with van der Waals surface area (Å²) in [4.78, 5) is 10.5. The molecule has 0 aromatic rings. The van der Waals surface area contributed by atoms with Gasteiger partial charge >= 0.3 is 5.97 Å². The summed E-state index contributed by atoms with van der Waals surface area (Å²) in [6.07, 6.45) is 13.0. The molecule has 0 fully saturated rings. The van der Waals surface area contributed by atoms with Crippen molar-refractivity contribution in [3.05, 3.63) is 0 Å². The van der Waals surface area contributed by atoms with E-state index >= 15 is 0 Å². The van der Waals surface area contributed by atoms with Crippen LogP contribution in [0.2, 0.25) is 0 Å². The van der Waals surface area contributed by atoms with Crippen LogP contribution < -0.4 is 0 Å². The maximum absolute atomic E-state index is 10.5. The number of carbonyl (C=O) groups is 1. The zero-order valence-corrected chi connectivity index (χ0v) is 12.6. The predicted molar refractivity (Wildman–Crippen MR) is 78.7 cm³/mol. The molecule has 0 aliphatic carbocycles. The largest absolute Gasteiger partial charge is 0.480 e. The number of nitrogens with zero attached hydrogens (tertiary/aromatic N) is 2. The van der Waals surface area contributed by atoms with Gasteiger partial charge in [-0.25, -0.2) is 4.79 Å². The molecule has 0 aliphatic rings. The first-order valence-electron chi connectivity index (χ1n) is 7.78. The van der Waals surface area contributed by atoms with E-state index in [1.807, 2.05) is 0 Å². The summed E-state index contributed by atoms with van der Waals surface area (Å²) in [5.74, 6) is -0.910. The van der Waals surface area contributed by atoms with Crippen LogP contribution in [0, 0.1) is 0 Å². The minimum Gasteiger partial charge on any atom is -0.480 e. The van der Waals surface area contributed by atoms with Gasteiger partial charge in [0.05, 0.1) is 6.54 Å². The first-order valence-corrected chi connectivity index (χ1v) is 7.78. The van der Waals surface area contributed by atoms with Crippen molar-refractivity contribution in [2.45, 2.75) is 84.1 Å². The van der Waals surface area contributed by atoms with Gasteiger partial charge in [-0.2, -0.15) is 10.2 Å². The Labute approximate surface area is 117 Å². The van der Waals surface area contributed by atoms with Gasteiger partial charge < -0.3 is 5.11 Å². The van der Waals surface area contributed by atoms with Crippen molar-refractivity contribution < 1.29 is 9.90 Å². The summed E-state index contributed by atoms with van der Waals surface area (Å²) in [5, 5.41) is 16.2. The molecule has 4 nitrogen and oxygen atoms in total. The zero-order chi connectivity index (χ0) is 14.3. The summed E-state index contributed by atoms with van der Waals surface area (Å²) in [6.45, 7) is 4.45. The van der Waals surface area contributed by atoms with Gasteiger partial charge in [0.2, 0.25) is 0 Å². The van der Waals surface area contributed by atoms with E-state index in [1.54, 1.807) is 6.92 Å². The van der Waals surface area contributed by atoms with E-state index < -0.39 is 12.0 Å². The van der Waals surface area contributed by atoms with Crippen molar-refractivity contribution >= 4 is 5.97 Å². The Bertz CT molecular complexity index is 242. The molecule has 0 bridgehead atoms. The molecule has 0 aromatic heterocycles. The third kappa shape index (κ3) is 13.3. The SMILES string of the molecule is CCCCCCCCCCCCN=NC(C)C(=O)O. The van der Waals surface area contributed by atoms with Crippen LogP contribution in [-0.4, -0.2) is 23.7 Å². The van der Waals surface area contributed by atoms with Crippen LogP contribution in [0.15, 0.2) is 10.2 Å². The van der Waals surface area contributed by atoms with Gasteiger partial charge in [-0.1, -0.05) is 64.7 Å². The summed E-state index contributed by atoms with van der Waals surface area (Å²) >= 11 is 0. The molecule has 19 heavy (non-hydrogen) atoms. The maximum Gasteiger partial charge on any atom is 0.330 e. The number of rotatable bonds is 13. The third-order valence-electron chi connectivity index (χ3n) is 3.22. The van der Waals surface area contributed by atoms with Crippen LogP contribution in [0.1, 0.15) is 78.1 Å². The summed E-state index contributed by atoms with van der Waals surface area (Å²) < 4.78 is 0. The lowest BCUT2D eigenvalue weighted by atomic mass is 10.1. The average Bonchev–Trinajstić information content (AvgIpc) is 2.39. The van der Waals surface area contributed by atoms with Crippen LogP contribution in [0.5, 0.6) is 0 Å². The number of hydrogen-bond donors (Lipinski definition) is 1. The lowest BCUT2D eigenvalue weighted by Gasteiger charge is -2.01. The Hall–Kier alpha value is -0.930. The fraction of sp³-hybridized carbons (Fsp3) is 0.933. The van der Waals surface area contributed by atoms with Crippen molar-refractivity contribution in [1.82, 2.24) is 0 Å². The molecule has 0 amide bonds. The Morgan fingerprint density at radius 3 is 1.89 bits per heavy atom. The van der Waals surface area contributed by atoms with Gasteiger partial charge in [0, 0.05) is 0 Å². The van der Waals surface area contributed by atoms with Gasteiger partial charge in [0.25, 0.3) is 0 Å². The number of hydrogen-bond acceptors (Lipinski definition) is 3. The van der Waals surface area contributed by atoms with Gasteiger partial charge in [0.15, 0.2) is 6.04 Å². The number of azo groups is 1. The normalized spacial score (nSPS) is 12.9. The molecule has 1 unspecified atom stereocenters. The Morgan fingerprint density at radius 1 is 0.947 bits per heavy atom. The maximum atomic E-state index is 10.5. The molecule has 0 saturated carbocycles. The first kappa shape index (κ1) is 18.1. The molecule has 1 N–H and O–H groups in total. The number of carboxylic acids is 1. The monoisotopic (exact) mass is 270 g/mol. The molecule has 0 aromatic carbocycles. The van der Waals surface area contributed by atoms with Crippen LogP contribution in [0.3, 0.4) is 0 Å². The van der Waals surface area contributed by atoms with Crippen molar-refractivity contribution in [1.29, 1.82) is 0 Å². The highest BCUT2D eigenvalue weighted by Crippen LogP contribution is 2.10. The minimum atomic E-state index is -0.910. The second-order valence-electron chi connectivity index (χ2n) is 5.18. The summed E-state index contributed by atoms with van der Waals surface area (Å²) in [5.41, 5.74) is 0. The van der Waals surface area contributed by atoms with E-state index in [4.69, 9.17) is 5.11 Å². The van der Waals surface area contributed by atoms with Gasteiger partial charge in [-0.3, -0.25) is 0 Å². The molecular weight excluding hydrogens is 240 g/mol. The predicted octanol–water partition coefficient (Wildman–Crippen LogP) is 4.83. The van der Waals surface area contributed by atoms with Crippen molar-refractivity contribution in [2.24, 2.45) is 10.2 Å². The highest BCUT2D eigenvalue weighted by molar-refractivity contribution is 5.72. The van der Waals surface area contributed by atoms with E-state index in [2.05, 4.69) is 17.2 Å². The Balaban J connectivity index is 3.17. The first-order chi connectivity index (χ1) is 9.18. The lowest BCUT2D eigenvalue weighted by molar-refractivity contribution is -0.138. The smallest absolute Gasteiger partial charge is 0.330 e. The molecule has 4 heteroatoms. The fourth-order valence-corrected chi connectivity index (χ4v) is 1.90. The molecule has 0 heterocycles. The molecule has 0 saturated heterocycles. The lowest BCUT2D eigenvalue weighted by Crippen LogP contribution is -2.12. The van der Waals surface area contributed by atoms with Crippen molar-refractivity contribution in [3.63, 3.8) is 0 Å². The average molecular weight is 270 g/mol. The summed E-state index contributed by atoms with van der Waals surface area (Å²) in [7, 11) is 0. The molecule has 112 valence electrons. The highest BCUT2D eigenvalue weighted by Gasteiger charge is 2.07. The van der Waals surface area contributed by atoms with E-state index in [-0.39, 0.29) is 0 Å². The molecule has 0 rings (SSSR count). The van der Waals surface area contributed by atoms with Gasteiger partial charge in [-0.15, -0.1) is 0 Å². The number of unbranched alkanes of at least 4 members (excludes halogenated alkanes) is 9. The van der Waals surface area contributed by atoms with Crippen LogP contribution >= 0.6 is 0 Å². The van der Waals surface area contributed by atoms with E-state index in [0.29, 0.717) is 6.54 Å². The van der Waals surface area contributed by atoms with Crippen molar-refractivity contribution in [3.8, 4) is 0 Å². The molecule has 0 aliphatic heterocycles. The number of aliphatic carboxylic acids is 1. The van der Waals surface area contributed by atoms with Gasteiger partial charge in [0.1, 0.15) is 0 Å². The van der Waals surface area contributed by atoms with Crippen LogP contribution in [0.25, 0.3) is 0 Å². The van der Waals surface area contributed by atoms with E-state index in [9.17, 15) is 4.79 Å². The second kappa shape index (κ2) is 13.5. The topological polar surface area (TPSA) is 62.0 Å². The van der Waals surface area contributed by atoms with Crippen LogP contribution in [-0.2, 0) is 4.79 Å².